The first-order chi connectivity index (χ1) is 19.8. The molecule has 4 aliphatic rings. The topological polar surface area (TPSA) is 146 Å². The predicted molar refractivity (Wildman–Crippen MR) is 151 cm³/mol. The number of benzene rings is 3. The molecule has 5 N–H and O–H groups in total. The Labute approximate surface area is 241 Å². The zero-order valence-corrected chi connectivity index (χ0v) is 23.3. The van der Waals surface area contributed by atoms with Crippen molar-refractivity contribution in [2.24, 2.45) is 0 Å². The van der Waals surface area contributed by atoms with Gasteiger partial charge in [0.15, 0.2) is 0 Å². The van der Waals surface area contributed by atoms with Gasteiger partial charge in [0.2, 0.25) is 11.4 Å². The van der Waals surface area contributed by atoms with Gasteiger partial charge in [0.05, 0.1) is 5.56 Å². The molecule has 0 unspecified atom stereocenters. The molecule has 4 atom stereocenters. The molecule has 42 heavy (non-hydrogen) atoms. The molecule has 0 aromatic heterocycles. The number of ketones is 1. The third-order valence-corrected chi connectivity index (χ3v) is 8.76. The molecule has 3 aromatic rings. The van der Waals surface area contributed by atoms with E-state index in [9.17, 15) is 30.3 Å². The highest BCUT2D eigenvalue weighted by Crippen LogP contribution is 2.60. The Kier molecular flexibility index (Phi) is 5.29. The maximum Gasteiger partial charge on any atom is 0.318 e. The second-order valence-electron chi connectivity index (χ2n) is 12.1. The number of allylic oxidation sites excluding steroid dienone is 2. The minimum atomic E-state index is -2.57. The molecule has 0 radical (unpaired) electrons. The number of carbonyl (C=O) groups excluding carboxylic acids is 1. The summed E-state index contributed by atoms with van der Waals surface area (Å²) in [5.41, 5.74) is -0.106. The third kappa shape index (κ3) is 3.49. The lowest BCUT2D eigenvalue weighted by Crippen LogP contribution is -2.62. The maximum atomic E-state index is 14.2. The first kappa shape index (κ1) is 26.3. The number of ether oxygens (including phenoxy) is 3. The number of hydrogen-bond acceptors (Lipinski definition) is 9. The maximum absolute atomic E-state index is 14.2. The van der Waals surface area contributed by atoms with Gasteiger partial charge < -0.3 is 39.7 Å². The monoisotopic (exact) mass is 570 g/mol. The molecule has 216 valence electrons. The second kappa shape index (κ2) is 8.45. The van der Waals surface area contributed by atoms with Crippen LogP contribution in [0.1, 0.15) is 73.0 Å². The number of fused-ring (bicyclic) bond motifs is 8. The summed E-state index contributed by atoms with van der Waals surface area (Å²) in [5.74, 6) is -3.86. The van der Waals surface area contributed by atoms with Gasteiger partial charge in [-0.05, 0) is 74.9 Å². The highest BCUT2D eigenvalue weighted by atomic mass is 16.7. The van der Waals surface area contributed by atoms with Crippen LogP contribution in [-0.2, 0) is 5.60 Å². The molecule has 0 saturated heterocycles. The number of rotatable bonds is 3. The van der Waals surface area contributed by atoms with E-state index in [2.05, 4.69) is 0 Å². The Balaban J connectivity index is 1.37. The molecule has 2 bridgehead atoms. The Morgan fingerprint density at radius 1 is 0.929 bits per heavy atom. The van der Waals surface area contributed by atoms with E-state index in [0.29, 0.717) is 29.7 Å². The minimum absolute atomic E-state index is 0.0373. The van der Waals surface area contributed by atoms with Crippen molar-refractivity contribution < 1.29 is 44.5 Å². The Morgan fingerprint density at radius 3 is 2.38 bits per heavy atom. The smallest absolute Gasteiger partial charge is 0.318 e. The van der Waals surface area contributed by atoms with Crippen LogP contribution in [-0.4, -0.2) is 42.7 Å². The number of Topliss-reactive ketones (excluding diaryl/α,β-unsaturated/α-hetero) is 1. The van der Waals surface area contributed by atoms with E-state index in [-0.39, 0.29) is 52.2 Å². The van der Waals surface area contributed by atoms with E-state index in [0.717, 1.165) is 11.1 Å². The lowest BCUT2D eigenvalue weighted by Gasteiger charge is -2.44. The van der Waals surface area contributed by atoms with E-state index in [1.807, 2.05) is 26.8 Å². The van der Waals surface area contributed by atoms with Crippen molar-refractivity contribution in [3.05, 3.63) is 82.4 Å². The Hall–Kier alpha value is -4.63. The normalized spacial score (nSPS) is 28.1. The number of aliphatic hydroxyl groups is 1. The summed E-state index contributed by atoms with van der Waals surface area (Å²) < 4.78 is 18.5. The quantitative estimate of drug-likeness (QED) is 0.257. The van der Waals surface area contributed by atoms with Gasteiger partial charge in [-0.3, -0.25) is 4.79 Å². The van der Waals surface area contributed by atoms with Gasteiger partial charge in [-0.1, -0.05) is 17.7 Å². The lowest BCUT2D eigenvalue weighted by molar-refractivity contribution is -0.201. The summed E-state index contributed by atoms with van der Waals surface area (Å²) >= 11 is 0. The first-order valence-corrected chi connectivity index (χ1v) is 13.8. The van der Waals surface area contributed by atoms with Crippen LogP contribution in [0.25, 0.3) is 5.57 Å². The molecular formula is C33H30O9. The number of phenols is 4. The minimum Gasteiger partial charge on any atom is -0.508 e. The van der Waals surface area contributed by atoms with E-state index < -0.39 is 28.5 Å². The average molecular weight is 571 g/mol. The van der Waals surface area contributed by atoms with Gasteiger partial charge in [-0.2, -0.15) is 0 Å². The van der Waals surface area contributed by atoms with Gasteiger partial charge in [-0.15, -0.1) is 0 Å². The van der Waals surface area contributed by atoms with Crippen LogP contribution < -0.4 is 14.2 Å². The van der Waals surface area contributed by atoms with Crippen molar-refractivity contribution in [2.45, 2.75) is 62.9 Å². The van der Waals surface area contributed by atoms with Crippen LogP contribution in [0.5, 0.6) is 40.2 Å². The fraction of sp³-hybridized carbons (Fsp3) is 0.303. The second-order valence-corrected chi connectivity index (χ2v) is 12.1. The third-order valence-electron chi connectivity index (χ3n) is 8.76. The number of carbonyl (C=O) groups is 1. The fourth-order valence-electron chi connectivity index (χ4n) is 6.93. The molecule has 9 nitrogen and oxygen atoms in total. The predicted octanol–water partition coefficient (Wildman–Crippen LogP) is 5.53. The first-order valence-electron chi connectivity index (χ1n) is 13.8. The average Bonchev–Trinajstić information content (AvgIpc) is 3.14. The van der Waals surface area contributed by atoms with Crippen LogP contribution in [0.3, 0.4) is 0 Å². The molecule has 3 heterocycles. The van der Waals surface area contributed by atoms with Crippen LogP contribution in [0.2, 0.25) is 0 Å². The van der Waals surface area contributed by atoms with Crippen molar-refractivity contribution >= 4 is 11.4 Å². The number of phenolic OH excluding ortho intramolecular Hbond substituents is 4. The van der Waals surface area contributed by atoms with Crippen molar-refractivity contribution in [3.8, 4) is 40.2 Å². The van der Waals surface area contributed by atoms with Crippen LogP contribution in [0.4, 0.5) is 0 Å². The largest absolute Gasteiger partial charge is 0.508 e. The van der Waals surface area contributed by atoms with Crippen molar-refractivity contribution in [1.29, 1.82) is 0 Å². The zero-order valence-electron chi connectivity index (χ0n) is 23.3. The summed E-state index contributed by atoms with van der Waals surface area (Å²) in [6.45, 7) is 5.61. The lowest BCUT2D eigenvalue weighted by atomic mass is 9.72. The van der Waals surface area contributed by atoms with Gasteiger partial charge in [-0.25, -0.2) is 0 Å². The van der Waals surface area contributed by atoms with Crippen LogP contribution >= 0.6 is 0 Å². The summed E-state index contributed by atoms with van der Waals surface area (Å²) in [4.78, 5) is 14.2. The SMILES string of the molecule is CC(C)=CC[C@]12Oc3cc(O)c(C4=C[C@]5(C)C[C@H](C4)c4ccc(O)cc4O5)c(O)c3C(=O)[C@]1(O)Oc1cc(O)ccc12. The molecule has 0 amide bonds. The van der Waals surface area contributed by atoms with Gasteiger partial charge in [0, 0.05) is 30.2 Å². The van der Waals surface area contributed by atoms with Crippen molar-refractivity contribution in [3.63, 3.8) is 0 Å². The molecule has 3 aliphatic heterocycles. The summed E-state index contributed by atoms with van der Waals surface area (Å²) in [5, 5.41) is 54.9. The molecular weight excluding hydrogens is 540 g/mol. The molecule has 3 aromatic carbocycles. The highest BCUT2D eigenvalue weighted by molar-refractivity contribution is 6.10. The summed E-state index contributed by atoms with van der Waals surface area (Å²) in [6.07, 6.45) is 4.71. The summed E-state index contributed by atoms with van der Waals surface area (Å²) in [7, 11) is 0. The molecule has 0 saturated carbocycles. The number of aromatic hydroxyl groups is 4. The summed E-state index contributed by atoms with van der Waals surface area (Å²) in [6, 6.07) is 10.5. The van der Waals surface area contributed by atoms with Gasteiger partial charge in [0.1, 0.15) is 51.4 Å². The number of hydrogen-bond donors (Lipinski definition) is 5. The molecule has 0 spiro atoms. The Morgan fingerprint density at radius 2 is 1.64 bits per heavy atom. The van der Waals surface area contributed by atoms with Crippen LogP contribution in [0, 0.1) is 0 Å². The molecule has 0 fully saturated rings. The van der Waals surface area contributed by atoms with Crippen LogP contribution in [0.15, 0.2) is 60.2 Å². The Bertz CT molecular complexity index is 1770. The van der Waals surface area contributed by atoms with Crippen molar-refractivity contribution in [2.75, 3.05) is 0 Å². The van der Waals surface area contributed by atoms with E-state index in [1.54, 1.807) is 24.3 Å². The van der Waals surface area contributed by atoms with E-state index in [4.69, 9.17) is 14.2 Å². The highest BCUT2D eigenvalue weighted by Gasteiger charge is 2.69. The molecule has 9 heteroatoms. The fourth-order valence-corrected chi connectivity index (χ4v) is 6.93. The van der Waals surface area contributed by atoms with E-state index >= 15 is 0 Å². The van der Waals surface area contributed by atoms with Gasteiger partial charge >= 0.3 is 5.79 Å². The zero-order chi connectivity index (χ0) is 29.8. The molecule has 7 rings (SSSR count). The van der Waals surface area contributed by atoms with Gasteiger partial charge in [0.25, 0.3) is 0 Å². The molecule has 1 aliphatic carbocycles. The van der Waals surface area contributed by atoms with E-state index in [1.165, 1.54) is 24.3 Å². The van der Waals surface area contributed by atoms with Crippen molar-refractivity contribution in [1.82, 2.24) is 0 Å². The standard InChI is InChI=1S/C33H30O9/c1-16(2)8-9-32-22-7-5-20(35)12-25(22)42-33(32,39)30(38)28-26(41-32)13-23(36)27(29(28)37)18-10-17-14-31(3,15-18)40-24-11-19(34)4-6-21(17)24/h4-8,11-13,15,17,34-37,39H,9-10,14H2,1-3H3/t17-,31-,32+,33-/m0/s1.